The van der Waals surface area contributed by atoms with Crippen molar-refractivity contribution in [3.8, 4) is 0 Å². The number of carbonyl (C=O) groups excluding carboxylic acids is 2. The number of hydrogen-bond donors (Lipinski definition) is 2. The van der Waals surface area contributed by atoms with Crippen molar-refractivity contribution in [2.24, 2.45) is 5.90 Å². The molecule has 0 saturated heterocycles. The van der Waals surface area contributed by atoms with Crippen LogP contribution in [0.3, 0.4) is 0 Å². The molecule has 2 rings (SSSR count). The summed E-state index contributed by atoms with van der Waals surface area (Å²) in [6.07, 6.45) is 0. The van der Waals surface area contributed by atoms with Gasteiger partial charge in [-0.25, -0.2) is 4.79 Å². The molecular formula is C14H15ClN4O3. The molecule has 0 radical (unpaired) electrons. The van der Waals surface area contributed by atoms with Crippen LogP contribution < -0.4 is 11.2 Å². The summed E-state index contributed by atoms with van der Waals surface area (Å²) >= 11 is 5.98. The zero-order chi connectivity index (χ0) is 16.3. The number of nitrogens with two attached hydrogens (primary N) is 1. The Hall–Kier alpha value is -2.38. The molecule has 3 N–H and O–H groups in total. The second-order valence-corrected chi connectivity index (χ2v) is 5.01. The van der Waals surface area contributed by atoms with Gasteiger partial charge >= 0.3 is 5.97 Å². The van der Waals surface area contributed by atoms with Gasteiger partial charge in [0.05, 0.1) is 6.04 Å². The summed E-state index contributed by atoms with van der Waals surface area (Å²) in [5.74, 6) is 3.75. The number of nitrogens with zero attached hydrogens (tertiary/aromatic N) is 2. The van der Waals surface area contributed by atoms with Gasteiger partial charge < -0.3 is 10.2 Å². The fourth-order valence-corrected chi connectivity index (χ4v) is 2.25. The van der Waals surface area contributed by atoms with Gasteiger partial charge in [-0.2, -0.15) is 11.0 Å². The van der Waals surface area contributed by atoms with E-state index in [9.17, 15) is 9.59 Å². The molecule has 1 heterocycles. The van der Waals surface area contributed by atoms with Crippen molar-refractivity contribution in [2.75, 3.05) is 7.05 Å². The summed E-state index contributed by atoms with van der Waals surface area (Å²) in [6.45, 7) is 1.82. The van der Waals surface area contributed by atoms with E-state index in [1.165, 1.54) is 17.8 Å². The van der Waals surface area contributed by atoms with E-state index in [2.05, 4.69) is 15.3 Å². The topological polar surface area (TPSA) is 99.2 Å². The van der Waals surface area contributed by atoms with Crippen molar-refractivity contribution in [1.29, 1.82) is 0 Å². The summed E-state index contributed by atoms with van der Waals surface area (Å²) in [7, 11) is 1.47. The fourth-order valence-electron chi connectivity index (χ4n) is 2.05. The molecule has 116 valence electrons. The zero-order valence-electron chi connectivity index (χ0n) is 12.0. The van der Waals surface area contributed by atoms with Crippen LogP contribution in [-0.2, 0) is 4.84 Å². The van der Waals surface area contributed by atoms with Gasteiger partial charge in [-0.1, -0.05) is 23.7 Å². The molecule has 0 fully saturated rings. The molecule has 0 aliphatic rings. The fraction of sp³-hybridized carbons (Fsp3) is 0.214. The molecule has 0 spiro atoms. The van der Waals surface area contributed by atoms with Gasteiger partial charge in [-0.15, -0.1) is 0 Å². The first-order chi connectivity index (χ1) is 10.5. The van der Waals surface area contributed by atoms with E-state index in [1.54, 1.807) is 18.2 Å². The third kappa shape index (κ3) is 3.10. The van der Waals surface area contributed by atoms with Crippen LogP contribution in [0.25, 0.3) is 0 Å². The SMILES string of the molecule is CNC(=O)c1cc(C(=O)ON)n(C(C)c2cccc(Cl)c2)n1. The molecule has 1 unspecified atom stereocenters. The lowest BCUT2D eigenvalue weighted by Crippen LogP contribution is -2.20. The minimum atomic E-state index is -0.781. The molecule has 2 aromatic rings. The molecule has 0 aliphatic carbocycles. The maximum absolute atomic E-state index is 11.8. The first kappa shape index (κ1) is 16.0. The lowest BCUT2D eigenvalue weighted by Gasteiger charge is -2.15. The maximum atomic E-state index is 11.8. The number of hydrogen-bond acceptors (Lipinski definition) is 5. The Kier molecular flexibility index (Phi) is 4.79. The van der Waals surface area contributed by atoms with Gasteiger partial charge in [0, 0.05) is 18.1 Å². The van der Waals surface area contributed by atoms with Gasteiger partial charge in [-0.3, -0.25) is 9.48 Å². The smallest absolute Gasteiger partial charge is 0.369 e. The Morgan fingerprint density at radius 3 is 2.73 bits per heavy atom. The zero-order valence-corrected chi connectivity index (χ0v) is 12.8. The van der Waals surface area contributed by atoms with Crippen molar-refractivity contribution in [3.63, 3.8) is 0 Å². The van der Waals surface area contributed by atoms with E-state index in [4.69, 9.17) is 17.5 Å². The van der Waals surface area contributed by atoms with Crippen LogP contribution in [0.4, 0.5) is 0 Å². The Morgan fingerprint density at radius 2 is 2.14 bits per heavy atom. The lowest BCUT2D eigenvalue weighted by atomic mass is 10.1. The van der Waals surface area contributed by atoms with Crippen molar-refractivity contribution in [2.45, 2.75) is 13.0 Å². The van der Waals surface area contributed by atoms with Crippen LogP contribution in [0.2, 0.25) is 5.02 Å². The standard InChI is InChI=1S/C14H15ClN4O3/c1-8(9-4-3-5-10(15)6-9)19-12(14(21)22-16)7-11(18-19)13(20)17-2/h3-8H,16H2,1-2H3,(H,17,20). The molecule has 0 saturated carbocycles. The first-order valence-electron chi connectivity index (χ1n) is 6.46. The van der Waals surface area contributed by atoms with Gasteiger partial charge in [-0.05, 0) is 24.6 Å². The van der Waals surface area contributed by atoms with Gasteiger partial charge in [0.25, 0.3) is 5.91 Å². The van der Waals surface area contributed by atoms with E-state index in [-0.39, 0.29) is 17.4 Å². The number of aromatic nitrogens is 2. The molecular weight excluding hydrogens is 308 g/mol. The van der Waals surface area contributed by atoms with Crippen LogP contribution in [0, 0.1) is 0 Å². The van der Waals surface area contributed by atoms with E-state index in [1.807, 2.05) is 13.0 Å². The molecule has 1 amide bonds. The summed E-state index contributed by atoms with van der Waals surface area (Å²) in [5, 5.41) is 7.17. The highest BCUT2D eigenvalue weighted by molar-refractivity contribution is 6.30. The van der Waals surface area contributed by atoms with Crippen LogP contribution in [0.5, 0.6) is 0 Å². The Morgan fingerprint density at radius 1 is 1.41 bits per heavy atom. The third-order valence-electron chi connectivity index (χ3n) is 3.21. The summed E-state index contributed by atoms with van der Waals surface area (Å²) in [5.41, 5.74) is 0.996. The molecule has 22 heavy (non-hydrogen) atoms. The second kappa shape index (κ2) is 6.59. The predicted molar refractivity (Wildman–Crippen MR) is 80.5 cm³/mol. The predicted octanol–water partition coefficient (Wildman–Crippen LogP) is 1.54. The minimum absolute atomic E-state index is 0.0774. The van der Waals surface area contributed by atoms with Crippen molar-refractivity contribution < 1.29 is 14.4 Å². The van der Waals surface area contributed by atoms with Crippen molar-refractivity contribution in [1.82, 2.24) is 15.1 Å². The van der Waals surface area contributed by atoms with Crippen LogP contribution in [0.15, 0.2) is 30.3 Å². The number of nitrogens with one attached hydrogen (secondary N) is 1. The van der Waals surface area contributed by atoms with Gasteiger partial charge in [0.2, 0.25) is 0 Å². The highest BCUT2D eigenvalue weighted by Crippen LogP contribution is 2.23. The van der Waals surface area contributed by atoms with E-state index in [0.717, 1.165) is 5.56 Å². The molecule has 1 aromatic carbocycles. The quantitative estimate of drug-likeness (QED) is 0.832. The number of rotatable bonds is 4. The largest absolute Gasteiger partial charge is 0.375 e. The minimum Gasteiger partial charge on any atom is -0.369 e. The number of benzene rings is 1. The van der Waals surface area contributed by atoms with Crippen LogP contribution in [0.1, 0.15) is 39.5 Å². The van der Waals surface area contributed by atoms with Crippen LogP contribution in [-0.4, -0.2) is 28.7 Å². The van der Waals surface area contributed by atoms with Crippen LogP contribution >= 0.6 is 11.6 Å². The summed E-state index contributed by atoms with van der Waals surface area (Å²) in [4.78, 5) is 27.8. The second-order valence-electron chi connectivity index (χ2n) is 4.57. The van der Waals surface area contributed by atoms with E-state index < -0.39 is 11.9 Å². The molecule has 0 bridgehead atoms. The van der Waals surface area contributed by atoms with Crippen molar-refractivity contribution in [3.05, 3.63) is 52.3 Å². The number of amides is 1. The molecule has 1 atom stereocenters. The Labute approximate surface area is 132 Å². The summed E-state index contributed by atoms with van der Waals surface area (Å²) < 4.78 is 1.38. The normalized spacial score (nSPS) is 11.8. The average Bonchev–Trinajstić information content (AvgIpc) is 2.97. The Balaban J connectivity index is 2.50. The van der Waals surface area contributed by atoms with E-state index >= 15 is 0 Å². The Bertz CT molecular complexity index is 714. The van der Waals surface area contributed by atoms with Crippen molar-refractivity contribution >= 4 is 23.5 Å². The third-order valence-corrected chi connectivity index (χ3v) is 3.44. The molecule has 7 nitrogen and oxygen atoms in total. The average molecular weight is 323 g/mol. The van der Waals surface area contributed by atoms with E-state index in [0.29, 0.717) is 5.02 Å². The molecule has 8 heteroatoms. The highest BCUT2D eigenvalue weighted by Gasteiger charge is 2.23. The number of carbonyl (C=O) groups is 2. The highest BCUT2D eigenvalue weighted by atomic mass is 35.5. The number of halogens is 1. The van der Waals surface area contributed by atoms with Gasteiger partial charge in [0.15, 0.2) is 5.69 Å². The molecule has 0 aliphatic heterocycles. The van der Waals surface area contributed by atoms with Gasteiger partial charge in [0.1, 0.15) is 5.69 Å². The monoisotopic (exact) mass is 322 g/mol. The maximum Gasteiger partial charge on any atom is 0.375 e. The molecule has 1 aromatic heterocycles. The lowest BCUT2D eigenvalue weighted by molar-refractivity contribution is 0.0487. The first-order valence-corrected chi connectivity index (χ1v) is 6.84. The summed E-state index contributed by atoms with van der Waals surface area (Å²) in [6, 6.07) is 8.12.